The van der Waals surface area contributed by atoms with Crippen molar-refractivity contribution in [2.24, 2.45) is 11.8 Å². The van der Waals surface area contributed by atoms with Crippen LogP contribution in [0.4, 0.5) is 17.1 Å². The zero-order valence-electron chi connectivity index (χ0n) is 31.4. The molecule has 0 aromatic heterocycles. The lowest BCUT2D eigenvalue weighted by Crippen LogP contribution is -2.21. The molecule has 0 saturated heterocycles. The van der Waals surface area contributed by atoms with E-state index in [1.54, 1.807) is 0 Å². The number of nitrogens with zero attached hydrogens (tertiary/aromatic N) is 1. The summed E-state index contributed by atoms with van der Waals surface area (Å²) < 4.78 is 6.72. The van der Waals surface area contributed by atoms with E-state index in [1.165, 1.54) is 73.4 Å². The molecule has 1 saturated carbocycles. The highest BCUT2D eigenvalue weighted by Crippen LogP contribution is 2.58. The fourth-order valence-corrected chi connectivity index (χ4v) is 8.66. The predicted octanol–water partition coefficient (Wildman–Crippen LogP) is 13.4. The Labute approximate surface area is 304 Å². The molecule has 5 aromatic rings. The first-order chi connectivity index (χ1) is 24.3. The fourth-order valence-electron chi connectivity index (χ4n) is 8.66. The molecule has 2 bridgehead atoms. The van der Waals surface area contributed by atoms with Crippen molar-refractivity contribution < 1.29 is 4.74 Å². The Hall–Kier alpha value is -4.82. The molecule has 51 heavy (non-hydrogen) atoms. The van der Waals surface area contributed by atoms with E-state index in [1.807, 2.05) is 0 Å². The van der Waals surface area contributed by atoms with Gasteiger partial charge < -0.3 is 9.64 Å². The Morgan fingerprint density at radius 2 is 1.31 bits per heavy atom. The van der Waals surface area contributed by atoms with Gasteiger partial charge in [0.25, 0.3) is 0 Å². The minimum absolute atomic E-state index is 0.0439. The Kier molecular flexibility index (Phi) is 6.98. The third-order valence-electron chi connectivity index (χ3n) is 11.8. The van der Waals surface area contributed by atoms with Crippen molar-refractivity contribution in [3.63, 3.8) is 0 Å². The first-order valence-corrected chi connectivity index (χ1v) is 18.8. The number of fused-ring (bicyclic) bond motifs is 8. The Morgan fingerprint density at radius 3 is 2.04 bits per heavy atom. The molecule has 4 aliphatic rings. The van der Waals surface area contributed by atoms with Gasteiger partial charge in [0, 0.05) is 28.7 Å². The number of rotatable bonds is 4. The summed E-state index contributed by atoms with van der Waals surface area (Å²) in [4.78, 5) is 2.55. The van der Waals surface area contributed by atoms with E-state index in [4.69, 9.17) is 4.74 Å². The van der Waals surface area contributed by atoms with Gasteiger partial charge in [-0.2, -0.15) is 0 Å². The molecule has 1 heterocycles. The lowest BCUT2D eigenvalue weighted by atomic mass is 9.77. The van der Waals surface area contributed by atoms with E-state index in [0.717, 1.165) is 23.6 Å². The normalized spacial score (nSPS) is 19.4. The maximum atomic E-state index is 6.72. The molecule has 1 fully saturated rings. The van der Waals surface area contributed by atoms with Crippen molar-refractivity contribution in [3.05, 3.63) is 149 Å². The average molecular weight is 668 g/mol. The number of anilines is 3. The van der Waals surface area contributed by atoms with Crippen molar-refractivity contribution in [2.45, 2.75) is 84.5 Å². The molecular weight excluding hydrogens is 619 g/mol. The molecule has 1 aliphatic heterocycles. The van der Waals surface area contributed by atoms with Gasteiger partial charge in [0.05, 0.1) is 11.4 Å². The molecular formula is C49H49NO. The summed E-state index contributed by atoms with van der Waals surface area (Å²) in [6.07, 6.45) is 7.01. The standard InChI is InChI=1S/C49H49NO/c1-47(2,3)35-19-22-39-40(27-35)49(7,8)41-28-36(48(4,5)6)29-43(46(39)41)50(37-20-17-31(18-21-37)30-13-10-9-11-14-30)42-15-12-16-44-45(42)34-24-32-23-33(32)25-38(26-34)51-44/h9-22,24-25,27-29,32-33H,23,26H2,1-8H3. The van der Waals surface area contributed by atoms with Crippen LogP contribution in [0.15, 0.2) is 121 Å². The molecule has 2 nitrogen and oxygen atoms in total. The van der Waals surface area contributed by atoms with Gasteiger partial charge in [-0.25, -0.2) is 0 Å². The summed E-state index contributed by atoms with van der Waals surface area (Å²) in [7, 11) is 0. The van der Waals surface area contributed by atoms with Crippen LogP contribution in [0.2, 0.25) is 0 Å². The van der Waals surface area contributed by atoms with Gasteiger partial charge in [-0.15, -0.1) is 0 Å². The summed E-state index contributed by atoms with van der Waals surface area (Å²) in [6, 6.07) is 38.8. The van der Waals surface area contributed by atoms with Crippen molar-refractivity contribution >= 4 is 22.6 Å². The summed E-state index contributed by atoms with van der Waals surface area (Å²) in [5, 5.41) is 0. The number of allylic oxidation sites excluding steroid dienone is 3. The van der Waals surface area contributed by atoms with E-state index in [-0.39, 0.29) is 16.2 Å². The van der Waals surface area contributed by atoms with E-state index in [2.05, 4.69) is 176 Å². The van der Waals surface area contributed by atoms with E-state index < -0.39 is 0 Å². The number of ether oxygens (including phenoxy) is 1. The Balaban J connectivity index is 1.34. The van der Waals surface area contributed by atoms with Crippen molar-refractivity contribution in [2.75, 3.05) is 4.90 Å². The van der Waals surface area contributed by atoms with Gasteiger partial charge in [0.15, 0.2) is 0 Å². The largest absolute Gasteiger partial charge is 0.461 e. The first kappa shape index (κ1) is 32.1. The summed E-state index contributed by atoms with van der Waals surface area (Å²) in [6.45, 7) is 18.8. The van der Waals surface area contributed by atoms with Crippen LogP contribution in [-0.2, 0) is 16.2 Å². The average Bonchev–Trinajstić information content (AvgIpc) is 3.80. The van der Waals surface area contributed by atoms with Crippen LogP contribution >= 0.6 is 0 Å². The summed E-state index contributed by atoms with van der Waals surface area (Å²) in [5.41, 5.74) is 16.7. The molecule has 5 aromatic carbocycles. The van der Waals surface area contributed by atoms with Crippen LogP contribution in [0, 0.1) is 11.8 Å². The minimum Gasteiger partial charge on any atom is -0.461 e. The smallest absolute Gasteiger partial charge is 0.136 e. The molecule has 2 unspecified atom stereocenters. The third-order valence-corrected chi connectivity index (χ3v) is 11.8. The molecule has 0 radical (unpaired) electrons. The highest BCUT2D eigenvalue weighted by molar-refractivity contribution is 5.99. The van der Waals surface area contributed by atoms with E-state index in [9.17, 15) is 0 Å². The Bertz CT molecular complexity index is 2270. The lowest BCUT2D eigenvalue weighted by Gasteiger charge is -2.34. The van der Waals surface area contributed by atoms with Gasteiger partial charge in [-0.1, -0.05) is 134 Å². The van der Waals surface area contributed by atoms with Crippen LogP contribution in [0.5, 0.6) is 5.75 Å². The summed E-state index contributed by atoms with van der Waals surface area (Å²) in [5.74, 6) is 3.29. The Morgan fingerprint density at radius 1 is 0.627 bits per heavy atom. The number of hydrogen-bond acceptors (Lipinski definition) is 2. The maximum absolute atomic E-state index is 6.72. The lowest BCUT2D eigenvalue weighted by molar-refractivity contribution is 0.404. The molecule has 0 amide bonds. The molecule has 0 spiro atoms. The quantitative estimate of drug-likeness (QED) is 0.189. The van der Waals surface area contributed by atoms with Gasteiger partial charge in [0.1, 0.15) is 11.5 Å². The van der Waals surface area contributed by atoms with Gasteiger partial charge in [-0.3, -0.25) is 0 Å². The zero-order chi connectivity index (χ0) is 35.4. The van der Waals surface area contributed by atoms with Crippen molar-refractivity contribution in [1.82, 2.24) is 0 Å². The van der Waals surface area contributed by atoms with Crippen LogP contribution < -0.4 is 9.64 Å². The van der Waals surface area contributed by atoms with E-state index >= 15 is 0 Å². The van der Waals surface area contributed by atoms with Crippen LogP contribution in [0.25, 0.3) is 27.8 Å². The molecule has 0 N–H and O–H groups in total. The topological polar surface area (TPSA) is 12.5 Å². The first-order valence-electron chi connectivity index (χ1n) is 18.8. The molecule has 9 rings (SSSR count). The second-order valence-corrected chi connectivity index (χ2v) is 17.9. The van der Waals surface area contributed by atoms with Crippen LogP contribution in [0.3, 0.4) is 0 Å². The van der Waals surface area contributed by atoms with E-state index in [0.29, 0.717) is 11.8 Å². The second-order valence-electron chi connectivity index (χ2n) is 17.9. The fraction of sp³-hybridized carbons (Fsp3) is 0.306. The monoisotopic (exact) mass is 667 g/mol. The number of hydrogen-bond donors (Lipinski definition) is 0. The molecule has 2 atom stereocenters. The highest BCUT2D eigenvalue weighted by Gasteiger charge is 2.42. The van der Waals surface area contributed by atoms with Gasteiger partial charge >= 0.3 is 0 Å². The second kappa shape index (κ2) is 11.1. The SMILES string of the molecule is CC(C)(C)c1ccc2c(c1)C(C)(C)c1cc(C(C)(C)C)cc(N(c3ccc(-c4ccccc4)cc3)c3cccc4c3C3=CC5CC5C=C(C3)O4)c1-2. The predicted molar refractivity (Wildman–Crippen MR) is 214 cm³/mol. The minimum atomic E-state index is -0.158. The van der Waals surface area contributed by atoms with Crippen LogP contribution in [-0.4, -0.2) is 0 Å². The maximum Gasteiger partial charge on any atom is 0.136 e. The molecule has 2 heteroatoms. The van der Waals surface area contributed by atoms with Gasteiger partial charge in [-0.05, 0) is 110 Å². The third kappa shape index (κ3) is 5.29. The van der Waals surface area contributed by atoms with Crippen molar-refractivity contribution in [1.29, 1.82) is 0 Å². The van der Waals surface area contributed by atoms with Crippen LogP contribution in [0.1, 0.15) is 96.0 Å². The summed E-state index contributed by atoms with van der Waals surface area (Å²) >= 11 is 0. The number of benzene rings is 5. The molecule has 256 valence electrons. The van der Waals surface area contributed by atoms with Gasteiger partial charge in [0.2, 0.25) is 0 Å². The zero-order valence-corrected chi connectivity index (χ0v) is 31.4. The highest BCUT2D eigenvalue weighted by atomic mass is 16.5. The molecule has 3 aliphatic carbocycles. The van der Waals surface area contributed by atoms with Crippen molar-refractivity contribution in [3.8, 4) is 28.0 Å².